The largest absolute Gasteiger partial charge is 0.476 e. The molecule has 0 saturated heterocycles. The summed E-state index contributed by atoms with van der Waals surface area (Å²) in [5, 5.41) is 12.5. The lowest BCUT2D eigenvalue weighted by atomic mass is 9.97. The predicted molar refractivity (Wildman–Crippen MR) is 62.9 cm³/mol. The zero-order valence-corrected chi connectivity index (χ0v) is 9.98. The summed E-state index contributed by atoms with van der Waals surface area (Å²) in [4.78, 5) is 11.0. The van der Waals surface area contributed by atoms with Crippen LogP contribution in [0.2, 0.25) is 0 Å². The van der Waals surface area contributed by atoms with Gasteiger partial charge < -0.3 is 9.63 Å². The second kappa shape index (κ2) is 4.60. The van der Waals surface area contributed by atoms with Gasteiger partial charge in [-0.25, -0.2) is 9.18 Å². The molecule has 0 aliphatic carbocycles. The van der Waals surface area contributed by atoms with Gasteiger partial charge in [0.1, 0.15) is 5.82 Å². The molecule has 0 aliphatic heterocycles. The van der Waals surface area contributed by atoms with E-state index in [9.17, 15) is 9.18 Å². The van der Waals surface area contributed by atoms with Gasteiger partial charge in [0.15, 0.2) is 11.5 Å². The quantitative estimate of drug-likeness (QED) is 0.906. The molecule has 4 nitrogen and oxygen atoms in total. The minimum atomic E-state index is -1.18. The number of carboxylic acid groups (broad SMARTS) is 1. The number of carbonyl (C=O) groups is 1. The Morgan fingerprint density at radius 2 is 2.06 bits per heavy atom. The van der Waals surface area contributed by atoms with Crippen molar-refractivity contribution in [2.75, 3.05) is 0 Å². The normalized spacial score (nSPS) is 10.9. The summed E-state index contributed by atoms with van der Waals surface area (Å²) >= 11 is 0. The van der Waals surface area contributed by atoms with Crippen LogP contribution in [0, 0.1) is 5.82 Å². The number of aromatic nitrogens is 1. The van der Waals surface area contributed by atoms with Gasteiger partial charge in [-0.3, -0.25) is 0 Å². The van der Waals surface area contributed by atoms with E-state index in [1.165, 1.54) is 12.1 Å². The van der Waals surface area contributed by atoms with Gasteiger partial charge in [0.2, 0.25) is 0 Å². The number of carboxylic acids is 1. The Labute approximate surface area is 103 Å². The van der Waals surface area contributed by atoms with Crippen molar-refractivity contribution in [3.63, 3.8) is 0 Å². The number of hydrogen-bond donors (Lipinski definition) is 1. The van der Waals surface area contributed by atoms with Crippen LogP contribution in [-0.4, -0.2) is 16.2 Å². The average molecular weight is 249 g/mol. The summed E-state index contributed by atoms with van der Waals surface area (Å²) in [6.45, 7) is 3.62. The molecule has 1 heterocycles. The maximum Gasteiger partial charge on any atom is 0.358 e. The van der Waals surface area contributed by atoms with Crippen molar-refractivity contribution in [1.82, 2.24) is 5.16 Å². The topological polar surface area (TPSA) is 63.3 Å². The van der Waals surface area contributed by atoms with Crippen molar-refractivity contribution < 1.29 is 18.8 Å². The van der Waals surface area contributed by atoms with Gasteiger partial charge in [-0.2, -0.15) is 0 Å². The fourth-order valence-electron chi connectivity index (χ4n) is 1.83. The monoisotopic (exact) mass is 249 g/mol. The fraction of sp³-hybridized carbons (Fsp3) is 0.231. The Morgan fingerprint density at radius 3 is 2.61 bits per heavy atom. The third-order valence-electron chi connectivity index (χ3n) is 2.63. The zero-order valence-electron chi connectivity index (χ0n) is 9.98. The first-order valence-electron chi connectivity index (χ1n) is 5.50. The van der Waals surface area contributed by atoms with Gasteiger partial charge in [-0.1, -0.05) is 31.1 Å². The molecular formula is C13H12FNO3. The summed E-state index contributed by atoms with van der Waals surface area (Å²) in [6, 6.07) is 6.05. The summed E-state index contributed by atoms with van der Waals surface area (Å²) in [6.07, 6.45) is 0. The Kier molecular flexibility index (Phi) is 3.14. The van der Waals surface area contributed by atoms with Gasteiger partial charge in [-0.15, -0.1) is 0 Å². The summed E-state index contributed by atoms with van der Waals surface area (Å²) in [5.41, 5.74) is 0.469. The molecule has 2 rings (SSSR count). The molecule has 94 valence electrons. The van der Waals surface area contributed by atoms with Crippen LogP contribution in [0.25, 0.3) is 11.3 Å². The highest BCUT2D eigenvalue weighted by atomic mass is 19.1. The standard InChI is InChI=1S/C13H12FNO3/c1-7(2)10-11(13(16)17)15-18-12(10)8-5-3-4-6-9(8)14/h3-7H,1-2H3,(H,16,17). The Morgan fingerprint density at radius 1 is 1.39 bits per heavy atom. The summed E-state index contributed by atoms with van der Waals surface area (Å²) < 4.78 is 18.7. The molecule has 0 aliphatic rings. The van der Waals surface area contributed by atoms with Gasteiger partial charge >= 0.3 is 5.97 Å². The third-order valence-corrected chi connectivity index (χ3v) is 2.63. The van der Waals surface area contributed by atoms with Crippen molar-refractivity contribution in [1.29, 1.82) is 0 Å². The lowest BCUT2D eigenvalue weighted by Gasteiger charge is -2.06. The molecule has 0 unspecified atom stereocenters. The Hall–Kier alpha value is -2.17. The van der Waals surface area contributed by atoms with Crippen LogP contribution in [0.4, 0.5) is 4.39 Å². The average Bonchev–Trinajstić information content (AvgIpc) is 2.74. The number of halogens is 1. The first-order valence-corrected chi connectivity index (χ1v) is 5.50. The van der Waals surface area contributed by atoms with E-state index in [-0.39, 0.29) is 22.9 Å². The minimum absolute atomic E-state index is 0.128. The molecule has 0 atom stereocenters. The highest BCUT2D eigenvalue weighted by molar-refractivity contribution is 5.89. The fourth-order valence-corrected chi connectivity index (χ4v) is 1.83. The van der Waals surface area contributed by atoms with E-state index in [1.54, 1.807) is 12.1 Å². The van der Waals surface area contributed by atoms with Crippen LogP contribution in [0.15, 0.2) is 28.8 Å². The maximum atomic E-state index is 13.7. The highest BCUT2D eigenvalue weighted by Crippen LogP contribution is 2.33. The number of aromatic carboxylic acids is 1. The lowest BCUT2D eigenvalue weighted by Crippen LogP contribution is -2.03. The van der Waals surface area contributed by atoms with E-state index in [2.05, 4.69) is 5.16 Å². The van der Waals surface area contributed by atoms with Gasteiger partial charge in [-0.05, 0) is 18.1 Å². The van der Waals surface area contributed by atoms with Crippen LogP contribution >= 0.6 is 0 Å². The zero-order chi connectivity index (χ0) is 13.3. The smallest absolute Gasteiger partial charge is 0.358 e. The molecule has 2 aromatic rings. The van der Waals surface area contributed by atoms with Crippen molar-refractivity contribution >= 4 is 5.97 Å². The van der Waals surface area contributed by atoms with E-state index >= 15 is 0 Å². The molecule has 5 heteroatoms. The predicted octanol–water partition coefficient (Wildman–Crippen LogP) is 3.30. The third kappa shape index (κ3) is 1.99. The molecule has 1 aromatic heterocycles. The molecule has 1 N–H and O–H groups in total. The first-order chi connectivity index (χ1) is 8.52. The van der Waals surface area contributed by atoms with Crippen LogP contribution in [0.1, 0.15) is 35.8 Å². The molecule has 1 aromatic carbocycles. The van der Waals surface area contributed by atoms with Crippen LogP contribution in [0.5, 0.6) is 0 Å². The SMILES string of the molecule is CC(C)c1c(C(=O)O)noc1-c1ccccc1F. The summed E-state index contributed by atoms with van der Waals surface area (Å²) in [7, 11) is 0. The van der Waals surface area contributed by atoms with Crippen molar-refractivity contribution in [2.24, 2.45) is 0 Å². The molecule has 0 radical (unpaired) electrons. The van der Waals surface area contributed by atoms with E-state index < -0.39 is 11.8 Å². The minimum Gasteiger partial charge on any atom is -0.476 e. The number of rotatable bonds is 3. The molecule has 18 heavy (non-hydrogen) atoms. The second-order valence-corrected chi connectivity index (χ2v) is 4.21. The molecular weight excluding hydrogens is 237 g/mol. The maximum absolute atomic E-state index is 13.7. The number of benzene rings is 1. The van der Waals surface area contributed by atoms with Gasteiger partial charge in [0.25, 0.3) is 0 Å². The van der Waals surface area contributed by atoms with Crippen molar-refractivity contribution in [2.45, 2.75) is 19.8 Å². The van der Waals surface area contributed by atoms with E-state index in [0.717, 1.165) is 0 Å². The van der Waals surface area contributed by atoms with Crippen LogP contribution in [-0.2, 0) is 0 Å². The van der Waals surface area contributed by atoms with Gasteiger partial charge in [0, 0.05) is 5.56 Å². The van der Waals surface area contributed by atoms with Crippen LogP contribution < -0.4 is 0 Å². The van der Waals surface area contributed by atoms with Gasteiger partial charge in [0.05, 0.1) is 5.56 Å². The first kappa shape index (κ1) is 12.3. The highest BCUT2D eigenvalue weighted by Gasteiger charge is 2.25. The van der Waals surface area contributed by atoms with Crippen LogP contribution in [0.3, 0.4) is 0 Å². The molecule has 0 spiro atoms. The van der Waals surface area contributed by atoms with E-state index in [4.69, 9.17) is 9.63 Å². The van der Waals surface area contributed by atoms with E-state index in [1.807, 2.05) is 13.8 Å². The van der Waals surface area contributed by atoms with Crippen molar-refractivity contribution in [3.05, 3.63) is 41.3 Å². The molecule has 0 amide bonds. The molecule has 0 saturated carbocycles. The summed E-state index contributed by atoms with van der Waals surface area (Å²) in [5.74, 6) is -1.59. The Bertz CT molecular complexity index is 590. The lowest BCUT2D eigenvalue weighted by molar-refractivity contribution is 0.0684. The Balaban J connectivity index is 2.66. The molecule has 0 fully saturated rings. The molecule has 0 bridgehead atoms. The number of nitrogens with zero attached hydrogens (tertiary/aromatic N) is 1. The van der Waals surface area contributed by atoms with Crippen molar-refractivity contribution in [3.8, 4) is 11.3 Å². The van der Waals surface area contributed by atoms with E-state index in [0.29, 0.717) is 5.56 Å². The second-order valence-electron chi connectivity index (χ2n) is 4.21. The number of hydrogen-bond acceptors (Lipinski definition) is 3.